The van der Waals surface area contributed by atoms with Gasteiger partial charge in [-0.15, -0.1) is 0 Å². The molecule has 0 fully saturated rings. The van der Waals surface area contributed by atoms with Crippen molar-refractivity contribution < 1.29 is 4.42 Å². The molecule has 1 N–H and O–H groups in total. The van der Waals surface area contributed by atoms with Gasteiger partial charge in [-0.05, 0) is 38.2 Å². The lowest BCUT2D eigenvalue weighted by molar-refractivity contribution is 0.521. The highest BCUT2D eigenvalue weighted by atomic mass is 16.3. The van der Waals surface area contributed by atoms with E-state index in [9.17, 15) is 0 Å². The van der Waals surface area contributed by atoms with E-state index >= 15 is 0 Å². The van der Waals surface area contributed by atoms with Gasteiger partial charge in [-0.25, -0.2) is 4.98 Å². The van der Waals surface area contributed by atoms with E-state index < -0.39 is 0 Å². The SMILES string of the molecule is Cc1ocnc1CNCc1c2c(nn1C)CCCC2. The standard InChI is InChI=1S/C14H20N4O/c1-10-13(16-9-19-10)7-15-8-14-11-5-3-4-6-12(11)17-18(14)2/h9,15H,3-8H2,1-2H3. The number of nitrogens with one attached hydrogen (secondary N) is 1. The van der Waals surface area contributed by atoms with Gasteiger partial charge >= 0.3 is 0 Å². The van der Waals surface area contributed by atoms with Gasteiger partial charge < -0.3 is 9.73 Å². The summed E-state index contributed by atoms with van der Waals surface area (Å²) in [7, 11) is 2.04. The van der Waals surface area contributed by atoms with Gasteiger partial charge in [-0.3, -0.25) is 4.68 Å². The first-order chi connectivity index (χ1) is 9.25. The summed E-state index contributed by atoms with van der Waals surface area (Å²) < 4.78 is 7.22. The molecule has 5 nitrogen and oxygen atoms in total. The maximum absolute atomic E-state index is 5.20. The summed E-state index contributed by atoms with van der Waals surface area (Å²) in [4.78, 5) is 4.19. The fraction of sp³-hybridized carbons (Fsp3) is 0.571. The van der Waals surface area contributed by atoms with Crippen LogP contribution in [-0.4, -0.2) is 14.8 Å². The molecular weight excluding hydrogens is 240 g/mol. The minimum absolute atomic E-state index is 0.738. The summed E-state index contributed by atoms with van der Waals surface area (Å²) in [5, 5.41) is 8.07. The van der Waals surface area contributed by atoms with Gasteiger partial charge in [0, 0.05) is 20.1 Å². The third-order valence-electron chi connectivity index (χ3n) is 3.88. The first-order valence-corrected chi connectivity index (χ1v) is 6.89. The molecule has 3 rings (SSSR count). The van der Waals surface area contributed by atoms with E-state index in [1.165, 1.54) is 42.6 Å². The fourth-order valence-corrected chi connectivity index (χ4v) is 2.77. The van der Waals surface area contributed by atoms with Crippen LogP contribution < -0.4 is 5.32 Å². The van der Waals surface area contributed by atoms with Crippen LogP contribution in [0.15, 0.2) is 10.8 Å². The number of hydrogen-bond acceptors (Lipinski definition) is 4. The van der Waals surface area contributed by atoms with Crippen molar-refractivity contribution in [1.82, 2.24) is 20.1 Å². The minimum atomic E-state index is 0.738. The van der Waals surface area contributed by atoms with E-state index in [-0.39, 0.29) is 0 Å². The smallest absolute Gasteiger partial charge is 0.181 e. The lowest BCUT2D eigenvalue weighted by atomic mass is 9.96. The van der Waals surface area contributed by atoms with Gasteiger partial charge in [0.15, 0.2) is 6.39 Å². The summed E-state index contributed by atoms with van der Waals surface area (Å²) in [6, 6.07) is 0. The molecule has 0 saturated heterocycles. The first kappa shape index (κ1) is 12.4. The molecule has 102 valence electrons. The van der Waals surface area contributed by atoms with Crippen molar-refractivity contribution in [3.05, 3.63) is 34.8 Å². The van der Waals surface area contributed by atoms with Crippen molar-refractivity contribution in [3.8, 4) is 0 Å². The molecule has 0 unspecified atom stereocenters. The third kappa shape index (κ3) is 2.42. The Hall–Kier alpha value is -1.62. The fourth-order valence-electron chi connectivity index (χ4n) is 2.77. The van der Waals surface area contributed by atoms with E-state index in [0.29, 0.717) is 0 Å². The van der Waals surface area contributed by atoms with Crippen LogP contribution in [0.5, 0.6) is 0 Å². The molecule has 0 amide bonds. The lowest BCUT2D eigenvalue weighted by Gasteiger charge is -2.11. The van der Waals surface area contributed by atoms with E-state index in [1.807, 2.05) is 18.7 Å². The molecule has 0 radical (unpaired) electrons. The van der Waals surface area contributed by atoms with Gasteiger partial charge in [0.2, 0.25) is 0 Å². The number of nitrogens with zero attached hydrogens (tertiary/aromatic N) is 3. The maximum Gasteiger partial charge on any atom is 0.181 e. The van der Waals surface area contributed by atoms with Gasteiger partial charge in [0.25, 0.3) is 0 Å². The molecule has 2 heterocycles. The zero-order valence-electron chi connectivity index (χ0n) is 11.6. The van der Waals surface area contributed by atoms with E-state index in [4.69, 9.17) is 4.42 Å². The highest BCUT2D eigenvalue weighted by Crippen LogP contribution is 2.23. The molecule has 19 heavy (non-hydrogen) atoms. The topological polar surface area (TPSA) is 55.9 Å². The maximum atomic E-state index is 5.20. The Morgan fingerprint density at radius 1 is 1.32 bits per heavy atom. The Morgan fingerprint density at radius 3 is 2.95 bits per heavy atom. The Bertz CT molecular complexity index is 570. The number of rotatable bonds is 4. The predicted molar refractivity (Wildman–Crippen MR) is 71.6 cm³/mol. The van der Waals surface area contributed by atoms with Crippen LogP contribution in [0, 0.1) is 6.92 Å². The Balaban J connectivity index is 1.67. The Labute approximate surface area is 113 Å². The Kier molecular flexibility index (Phi) is 3.38. The van der Waals surface area contributed by atoms with Crippen LogP contribution in [0.1, 0.15) is 41.2 Å². The molecule has 5 heteroatoms. The summed E-state index contributed by atoms with van der Waals surface area (Å²) in [6.45, 7) is 3.52. The molecule has 0 aliphatic heterocycles. The van der Waals surface area contributed by atoms with Gasteiger partial charge in [0.1, 0.15) is 5.76 Å². The average Bonchev–Trinajstić information content (AvgIpc) is 2.94. The van der Waals surface area contributed by atoms with Crippen LogP contribution >= 0.6 is 0 Å². The second-order valence-electron chi connectivity index (χ2n) is 5.16. The van der Waals surface area contributed by atoms with Gasteiger partial charge in [-0.1, -0.05) is 0 Å². The lowest BCUT2D eigenvalue weighted by Crippen LogP contribution is -2.17. The molecule has 1 aliphatic carbocycles. The molecule has 0 bridgehead atoms. The van der Waals surface area contributed by atoms with Crippen LogP contribution in [0.25, 0.3) is 0 Å². The number of aryl methyl sites for hydroxylation is 3. The van der Waals surface area contributed by atoms with Crippen molar-refractivity contribution in [2.45, 2.75) is 45.7 Å². The van der Waals surface area contributed by atoms with Crippen molar-refractivity contribution >= 4 is 0 Å². The van der Waals surface area contributed by atoms with Crippen molar-refractivity contribution in [1.29, 1.82) is 0 Å². The molecular formula is C14H20N4O. The minimum Gasteiger partial charge on any atom is -0.448 e. The van der Waals surface area contributed by atoms with Crippen molar-refractivity contribution in [2.75, 3.05) is 0 Å². The van der Waals surface area contributed by atoms with Crippen LogP contribution in [-0.2, 0) is 33.0 Å². The number of aromatic nitrogens is 3. The summed E-state index contributed by atoms with van der Waals surface area (Å²) in [5.74, 6) is 0.888. The quantitative estimate of drug-likeness (QED) is 0.912. The van der Waals surface area contributed by atoms with Crippen LogP contribution in [0.3, 0.4) is 0 Å². The molecule has 0 aromatic carbocycles. The Morgan fingerprint density at radius 2 is 2.16 bits per heavy atom. The molecule has 0 spiro atoms. The summed E-state index contributed by atoms with van der Waals surface area (Å²) in [5.41, 5.74) is 5.05. The molecule has 2 aromatic rings. The zero-order valence-corrected chi connectivity index (χ0v) is 11.6. The molecule has 1 aliphatic rings. The monoisotopic (exact) mass is 260 g/mol. The molecule has 0 saturated carbocycles. The van der Waals surface area contributed by atoms with E-state index in [0.717, 1.165) is 31.0 Å². The van der Waals surface area contributed by atoms with Gasteiger partial charge in [-0.2, -0.15) is 5.10 Å². The van der Waals surface area contributed by atoms with E-state index in [1.54, 1.807) is 0 Å². The summed E-state index contributed by atoms with van der Waals surface area (Å²) >= 11 is 0. The second kappa shape index (κ2) is 5.17. The predicted octanol–water partition coefficient (Wildman–Crippen LogP) is 1.89. The van der Waals surface area contributed by atoms with Crippen molar-refractivity contribution in [2.24, 2.45) is 7.05 Å². The largest absolute Gasteiger partial charge is 0.448 e. The highest BCUT2D eigenvalue weighted by molar-refractivity contribution is 5.28. The van der Waals surface area contributed by atoms with E-state index in [2.05, 4.69) is 15.4 Å². The van der Waals surface area contributed by atoms with Gasteiger partial charge in [0.05, 0.1) is 17.1 Å². The van der Waals surface area contributed by atoms with Crippen LogP contribution in [0.4, 0.5) is 0 Å². The van der Waals surface area contributed by atoms with Crippen LogP contribution in [0.2, 0.25) is 0 Å². The van der Waals surface area contributed by atoms with Crippen molar-refractivity contribution in [3.63, 3.8) is 0 Å². The third-order valence-corrected chi connectivity index (χ3v) is 3.88. The molecule has 2 aromatic heterocycles. The number of oxazole rings is 1. The second-order valence-corrected chi connectivity index (χ2v) is 5.16. The number of fused-ring (bicyclic) bond motifs is 1. The molecule has 0 atom stereocenters. The first-order valence-electron chi connectivity index (χ1n) is 6.89. The normalized spacial score (nSPS) is 14.6. The zero-order chi connectivity index (χ0) is 13.2. The highest BCUT2D eigenvalue weighted by Gasteiger charge is 2.18. The number of hydrogen-bond donors (Lipinski definition) is 1. The average molecular weight is 260 g/mol. The summed E-state index contributed by atoms with van der Waals surface area (Å²) in [6.07, 6.45) is 6.36.